The molecule has 0 aliphatic carbocycles. The summed E-state index contributed by atoms with van der Waals surface area (Å²) in [7, 11) is 0. The number of rotatable bonds is 6. The first-order chi connectivity index (χ1) is 10.6. The van der Waals surface area contributed by atoms with Crippen molar-refractivity contribution >= 4 is 23.3 Å². The fraction of sp³-hybridized carbons (Fsp3) is 0.250. The molecule has 1 aromatic heterocycles. The molecule has 0 spiro atoms. The Labute approximate surface area is 133 Å². The third-order valence-corrected chi connectivity index (χ3v) is 4.24. The Morgan fingerprint density at radius 2 is 1.95 bits per heavy atom. The highest BCUT2D eigenvalue weighted by molar-refractivity contribution is 7.10. The minimum Gasteiger partial charge on any atom is -0.478 e. The fourth-order valence-corrected chi connectivity index (χ4v) is 2.88. The summed E-state index contributed by atoms with van der Waals surface area (Å²) in [5.74, 6) is -0.959. The third-order valence-electron chi connectivity index (χ3n) is 3.25. The Hall–Kier alpha value is -2.34. The number of hydrogen-bond acceptors (Lipinski definition) is 3. The molecule has 2 amide bonds. The second kappa shape index (κ2) is 7.61. The van der Waals surface area contributed by atoms with Crippen LogP contribution in [0.25, 0.3) is 0 Å². The number of carboxylic acid groups (broad SMARTS) is 1. The van der Waals surface area contributed by atoms with Gasteiger partial charge in [0.2, 0.25) is 0 Å². The molecule has 0 saturated carbocycles. The van der Waals surface area contributed by atoms with Gasteiger partial charge in [0.05, 0.1) is 11.6 Å². The van der Waals surface area contributed by atoms with Crippen LogP contribution in [0.1, 0.15) is 40.2 Å². The molecule has 1 aromatic carbocycles. The molecule has 0 saturated heterocycles. The van der Waals surface area contributed by atoms with E-state index in [2.05, 4.69) is 10.6 Å². The topological polar surface area (TPSA) is 78.4 Å². The van der Waals surface area contributed by atoms with Crippen molar-refractivity contribution in [2.24, 2.45) is 0 Å². The summed E-state index contributed by atoms with van der Waals surface area (Å²) >= 11 is 1.62. The minimum atomic E-state index is -0.959. The number of benzene rings is 1. The van der Waals surface area contributed by atoms with E-state index >= 15 is 0 Å². The number of thiophene rings is 1. The zero-order chi connectivity index (χ0) is 15.9. The SMILES string of the molecule is CCC(NC(=O)NCc1ccc(C(=O)O)cc1)c1cccs1. The number of aromatic carboxylic acids is 1. The molecule has 2 rings (SSSR count). The summed E-state index contributed by atoms with van der Waals surface area (Å²) < 4.78 is 0. The van der Waals surface area contributed by atoms with Gasteiger partial charge in [0.1, 0.15) is 0 Å². The first-order valence-corrected chi connectivity index (χ1v) is 7.88. The van der Waals surface area contributed by atoms with E-state index in [0.717, 1.165) is 16.9 Å². The molecule has 5 nitrogen and oxygen atoms in total. The molecule has 0 aliphatic rings. The van der Waals surface area contributed by atoms with Crippen LogP contribution >= 0.6 is 11.3 Å². The molecular formula is C16H18N2O3S. The van der Waals surface area contributed by atoms with E-state index in [9.17, 15) is 9.59 Å². The minimum absolute atomic E-state index is 0.00869. The monoisotopic (exact) mass is 318 g/mol. The standard InChI is InChI=1S/C16H18N2O3S/c1-2-13(14-4-3-9-22-14)18-16(21)17-10-11-5-7-12(8-6-11)15(19)20/h3-9,13H,2,10H2,1H3,(H,19,20)(H2,17,18,21). The number of nitrogens with one attached hydrogen (secondary N) is 2. The molecule has 1 unspecified atom stereocenters. The van der Waals surface area contributed by atoms with Crippen molar-refractivity contribution < 1.29 is 14.7 Å². The summed E-state index contributed by atoms with van der Waals surface area (Å²) in [6.45, 7) is 2.38. The van der Waals surface area contributed by atoms with Gasteiger partial charge < -0.3 is 15.7 Å². The summed E-state index contributed by atoms with van der Waals surface area (Å²) in [4.78, 5) is 23.8. The van der Waals surface area contributed by atoms with Crippen LogP contribution in [0.15, 0.2) is 41.8 Å². The van der Waals surface area contributed by atoms with Crippen molar-refractivity contribution in [3.05, 3.63) is 57.8 Å². The van der Waals surface area contributed by atoms with Gasteiger partial charge >= 0.3 is 12.0 Å². The Balaban J connectivity index is 1.85. The number of urea groups is 1. The van der Waals surface area contributed by atoms with Crippen molar-refractivity contribution in [3.8, 4) is 0 Å². The second-order valence-corrected chi connectivity index (χ2v) is 5.78. The average Bonchev–Trinajstić information content (AvgIpc) is 3.05. The van der Waals surface area contributed by atoms with Crippen molar-refractivity contribution in [3.63, 3.8) is 0 Å². The molecule has 1 heterocycles. The van der Waals surface area contributed by atoms with Gasteiger partial charge in [0.15, 0.2) is 0 Å². The number of hydrogen-bond donors (Lipinski definition) is 3. The van der Waals surface area contributed by atoms with Gasteiger partial charge in [-0.15, -0.1) is 11.3 Å². The lowest BCUT2D eigenvalue weighted by Crippen LogP contribution is -2.37. The normalized spacial score (nSPS) is 11.7. The van der Waals surface area contributed by atoms with Crippen LogP contribution in [0.2, 0.25) is 0 Å². The van der Waals surface area contributed by atoms with Gasteiger partial charge in [-0.1, -0.05) is 25.1 Å². The lowest BCUT2D eigenvalue weighted by molar-refractivity contribution is 0.0697. The lowest BCUT2D eigenvalue weighted by atomic mass is 10.1. The van der Waals surface area contributed by atoms with Crippen molar-refractivity contribution in [2.75, 3.05) is 0 Å². The first-order valence-electron chi connectivity index (χ1n) is 7.00. The van der Waals surface area contributed by atoms with Crippen LogP contribution in [0.3, 0.4) is 0 Å². The summed E-state index contributed by atoms with van der Waals surface area (Å²) in [5.41, 5.74) is 1.08. The summed E-state index contributed by atoms with van der Waals surface area (Å²) in [6, 6.07) is 10.2. The molecular weight excluding hydrogens is 300 g/mol. The van der Waals surface area contributed by atoms with Crippen LogP contribution in [0, 0.1) is 0 Å². The van der Waals surface area contributed by atoms with Crippen molar-refractivity contribution in [2.45, 2.75) is 25.9 Å². The van der Waals surface area contributed by atoms with Crippen molar-refractivity contribution in [1.29, 1.82) is 0 Å². The average molecular weight is 318 g/mol. The van der Waals surface area contributed by atoms with Gasteiger partial charge in [-0.3, -0.25) is 0 Å². The quantitative estimate of drug-likeness (QED) is 0.764. The van der Waals surface area contributed by atoms with Crippen LogP contribution in [0.4, 0.5) is 4.79 Å². The van der Waals surface area contributed by atoms with E-state index in [4.69, 9.17) is 5.11 Å². The van der Waals surface area contributed by atoms with E-state index in [0.29, 0.717) is 6.54 Å². The van der Waals surface area contributed by atoms with Crippen LogP contribution < -0.4 is 10.6 Å². The van der Waals surface area contributed by atoms with E-state index in [-0.39, 0.29) is 17.6 Å². The molecule has 0 aliphatic heterocycles. The Morgan fingerprint density at radius 3 is 2.50 bits per heavy atom. The predicted molar refractivity (Wildman–Crippen MR) is 86.1 cm³/mol. The molecule has 22 heavy (non-hydrogen) atoms. The number of amides is 2. The lowest BCUT2D eigenvalue weighted by Gasteiger charge is -2.16. The fourth-order valence-electron chi connectivity index (χ4n) is 2.02. The van der Waals surface area contributed by atoms with Gasteiger partial charge in [0, 0.05) is 11.4 Å². The molecule has 6 heteroatoms. The molecule has 116 valence electrons. The zero-order valence-electron chi connectivity index (χ0n) is 12.2. The van der Waals surface area contributed by atoms with Gasteiger partial charge in [-0.05, 0) is 35.6 Å². The Bertz CT molecular complexity index is 623. The molecule has 0 bridgehead atoms. The molecule has 3 N–H and O–H groups in total. The highest BCUT2D eigenvalue weighted by atomic mass is 32.1. The number of carboxylic acids is 1. The highest BCUT2D eigenvalue weighted by Crippen LogP contribution is 2.21. The second-order valence-electron chi connectivity index (χ2n) is 4.81. The predicted octanol–water partition coefficient (Wildman–Crippen LogP) is 3.40. The zero-order valence-corrected chi connectivity index (χ0v) is 13.0. The Kier molecular flexibility index (Phi) is 5.55. The summed E-state index contributed by atoms with van der Waals surface area (Å²) in [6.07, 6.45) is 0.821. The van der Waals surface area contributed by atoms with Gasteiger partial charge in [-0.25, -0.2) is 9.59 Å². The van der Waals surface area contributed by atoms with Crippen molar-refractivity contribution in [1.82, 2.24) is 10.6 Å². The maximum atomic E-state index is 11.9. The van der Waals surface area contributed by atoms with Crippen LogP contribution in [-0.4, -0.2) is 17.1 Å². The molecule has 0 radical (unpaired) electrons. The largest absolute Gasteiger partial charge is 0.478 e. The van der Waals surface area contributed by atoms with E-state index in [1.807, 2.05) is 24.4 Å². The van der Waals surface area contributed by atoms with E-state index in [1.165, 1.54) is 12.1 Å². The number of carbonyl (C=O) groups excluding carboxylic acids is 1. The van der Waals surface area contributed by atoms with Gasteiger partial charge in [-0.2, -0.15) is 0 Å². The smallest absolute Gasteiger partial charge is 0.335 e. The third kappa shape index (κ3) is 4.33. The maximum Gasteiger partial charge on any atom is 0.335 e. The van der Waals surface area contributed by atoms with E-state index < -0.39 is 5.97 Å². The number of carbonyl (C=O) groups is 2. The van der Waals surface area contributed by atoms with Gasteiger partial charge in [0.25, 0.3) is 0 Å². The molecule has 1 atom stereocenters. The van der Waals surface area contributed by atoms with Crippen LogP contribution in [0.5, 0.6) is 0 Å². The van der Waals surface area contributed by atoms with E-state index in [1.54, 1.807) is 23.5 Å². The van der Waals surface area contributed by atoms with Crippen LogP contribution in [-0.2, 0) is 6.54 Å². The highest BCUT2D eigenvalue weighted by Gasteiger charge is 2.13. The first kappa shape index (κ1) is 16.0. The Morgan fingerprint density at radius 1 is 1.23 bits per heavy atom. The molecule has 2 aromatic rings. The maximum absolute atomic E-state index is 11.9. The molecule has 0 fully saturated rings. The summed E-state index contributed by atoms with van der Waals surface area (Å²) in [5, 5.41) is 16.5.